The molecule has 0 heterocycles. The molecule has 134 valence electrons. The summed E-state index contributed by atoms with van der Waals surface area (Å²) in [4.78, 5) is 22.3. The maximum absolute atomic E-state index is 11.2. The van der Waals surface area contributed by atoms with Crippen LogP contribution >= 0.6 is 7.60 Å². The van der Waals surface area contributed by atoms with Crippen molar-refractivity contribution < 1.29 is 35.6 Å². The Balaban J connectivity index is 0.00000484. The molecule has 0 radical (unpaired) electrons. The fraction of sp³-hybridized carbons (Fsp3) is 0.647. The molecule has 23 heavy (non-hydrogen) atoms. The molecule has 6 heteroatoms. The Bertz CT molecular complexity index is 544. The van der Waals surface area contributed by atoms with Gasteiger partial charge in [0.1, 0.15) is 5.75 Å². The first-order chi connectivity index (χ1) is 9.75. The largest absolute Gasteiger partial charge is 2.00 e. The van der Waals surface area contributed by atoms with Crippen LogP contribution in [-0.4, -0.2) is 6.61 Å². The molecule has 1 aromatic carbocycles. The first-order valence-corrected chi connectivity index (χ1v) is 9.30. The van der Waals surface area contributed by atoms with Crippen molar-refractivity contribution in [3.8, 4) is 5.75 Å². The van der Waals surface area contributed by atoms with Gasteiger partial charge in [-0.05, 0) is 23.3 Å². The van der Waals surface area contributed by atoms with Crippen LogP contribution in [0.25, 0.3) is 0 Å². The Morgan fingerprint density at radius 2 is 1.39 bits per heavy atom. The maximum atomic E-state index is 11.2. The summed E-state index contributed by atoms with van der Waals surface area (Å²) in [5, 5.41) is 0. The van der Waals surface area contributed by atoms with E-state index in [0.29, 0.717) is 12.2 Å². The van der Waals surface area contributed by atoms with E-state index in [2.05, 4.69) is 41.5 Å². The van der Waals surface area contributed by atoms with E-state index in [1.165, 1.54) is 0 Å². The van der Waals surface area contributed by atoms with Gasteiger partial charge in [-0.2, -0.15) is 0 Å². The molecule has 0 saturated carbocycles. The zero-order valence-corrected chi connectivity index (χ0v) is 16.8. The van der Waals surface area contributed by atoms with Crippen LogP contribution in [0.15, 0.2) is 12.1 Å². The van der Waals surface area contributed by atoms with Crippen molar-refractivity contribution in [1.82, 2.24) is 0 Å². The van der Waals surface area contributed by atoms with Gasteiger partial charge >= 0.3 is 16.5 Å². The molecule has 0 aromatic heterocycles. The van der Waals surface area contributed by atoms with Crippen molar-refractivity contribution in [3.63, 3.8) is 0 Å². The molecule has 1 aromatic rings. The monoisotopic (exact) mass is 384 g/mol. The maximum Gasteiger partial charge on any atom is 2.00 e. The number of hydrogen-bond donors (Lipinski definition) is 0. The van der Waals surface area contributed by atoms with Crippen LogP contribution in [0.4, 0.5) is 0 Å². The normalized spacial score (nSPS) is 12.7. The molecule has 0 unspecified atom stereocenters. The van der Waals surface area contributed by atoms with Gasteiger partial charge in [-0.15, -0.1) is 0 Å². The van der Waals surface area contributed by atoms with Gasteiger partial charge in [0.25, 0.3) is 0 Å². The number of hydrogen-bond acceptors (Lipinski definition) is 4. The third-order valence-corrected chi connectivity index (χ3v) is 4.18. The van der Waals surface area contributed by atoms with Crippen molar-refractivity contribution in [2.75, 3.05) is 6.61 Å². The van der Waals surface area contributed by atoms with E-state index in [9.17, 15) is 14.4 Å². The predicted octanol–water partition coefficient (Wildman–Crippen LogP) is 3.09. The fourth-order valence-corrected chi connectivity index (χ4v) is 3.05. The number of ether oxygens (including phenoxy) is 1. The molecule has 0 N–H and O–H groups in total. The average Bonchev–Trinajstić information content (AvgIpc) is 2.26. The molecule has 0 fully saturated rings. The first-order valence-electron chi connectivity index (χ1n) is 7.57. The minimum Gasteiger partial charge on any atom is -0.810 e. The van der Waals surface area contributed by atoms with Gasteiger partial charge in [-0.3, -0.25) is 0 Å². The van der Waals surface area contributed by atoms with Crippen LogP contribution < -0.4 is 14.5 Å². The molecule has 0 aliphatic rings. The van der Waals surface area contributed by atoms with Gasteiger partial charge in [0.05, 0.1) is 6.61 Å². The van der Waals surface area contributed by atoms with Crippen LogP contribution in [0.1, 0.15) is 65.2 Å². The summed E-state index contributed by atoms with van der Waals surface area (Å²) in [6, 6.07) is 3.59. The van der Waals surface area contributed by atoms with Gasteiger partial charge in [0.2, 0.25) is 0 Å². The molecule has 4 nitrogen and oxygen atoms in total. The molecule has 0 amide bonds. The van der Waals surface area contributed by atoms with E-state index < -0.39 is 13.8 Å². The Morgan fingerprint density at radius 1 is 1.00 bits per heavy atom. The van der Waals surface area contributed by atoms with E-state index in [-0.39, 0.29) is 27.3 Å². The van der Waals surface area contributed by atoms with Crippen LogP contribution in [0.2, 0.25) is 0 Å². The van der Waals surface area contributed by atoms with E-state index in [1.807, 2.05) is 6.92 Å². The standard InChI is InChI=1S/C17H29O4P.Ni/c1-8-21-15-13(16(2,3)4)9-12(11-22(18,19)20)10-14(15)17(5,6)7;/h9-10H,8,11H2,1-7H3,(H2,18,19,20);/q;+2/p-2. The Morgan fingerprint density at radius 3 is 1.65 bits per heavy atom. The van der Waals surface area contributed by atoms with Gasteiger partial charge < -0.3 is 19.1 Å². The third-order valence-electron chi connectivity index (χ3n) is 3.43. The first kappa shape index (κ1) is 22.7. The van der Waals surface area contributed by atoms with E-state index in [1.54, 1.807) is 12.1 Å². The van der Waals surface area contributed by atoms with Crippen molar-refractivity contribution in [2.45, 2.75) is 65.5 Å². The summed E-state index contributed by atoms with van der Waals surface area (Å²) in [6.45, 7) is 14.8. The van der Waals surface area contributed by atoms with Gasteiger partial charge in [-0.1, -0.05) is 61.3 Å². The molecular formula is C17H27NiO4P. The molecule has 0 saturated heterocycles. The zero-order valence-electron chi connectivity index (χ0n) is 15.0. The van der Waals surface area contributed by atoms with Crippen molar-refractivity contribution in [3.05, 3.63) is 28.8 Å². The van der Waals surface area contributed by atoms with Crippen molar-refractivity contribution in [1.29, 1.82) is 0 Å². The predicted molar refractivity (Wildman–Crippen MR) is 86.3 cm³/mol. The van der Waals surface area contributed by atoms with E-state index in [4.69, 9.17) is 4.74 Å². The summed E-state index contributed by atoms with van der Waals surface area (Å²) in [5.74, 6) is 0.804. The zero-order chi connectivity index (χ0) is 17.3. The average molecular weight is 385 g/mol. The molecule has 0 spiro atoms. The Labute approximate surface area is 150 Å². The van der Waals surface area contributed by atoms with E-state index >= 15 is 0 Å². The van der Waals surface area contributed by atoms with Gasteiger partial charge in [0.15, 0.2) is 0 Å². The molecule has 1 rings (SSSR count). The summed E-state index contributed by atoms with van der Waals surface area (Å²) in [7, 11) is -4.60. The molecule has 0 aliphatic carbocycles. The van der Waals surface area contributed by atoms with Crippen molar-refractivity contribution >= 4 is 7.60 Å². The smallest absolute Gasteiger partial charge is 0.810 e. The Kier molecular flexibility index (Phi) is 7.59. The summed E-state index contributed by atoms with van der Waals surface area (Å²) < 4.78 is 17.1. The van der Waals surface area contributed by atoms with Crippen molar-refractivity contribution in [2.24, 2.45) is 0 Å². The second-order valence-corrected chi connectivity index (χ2v) is 9.26. The fourth-order valence-electron chi connectivity index (χ4n) is 2.42. The minimum absolute atomic E-state index is 0. The molecule has 0 bridgehead atoms. The van der Waals surface area contributed by atoms with Gasteiger partial charge in [-0.25, -0.2) is 0 Å². The van der Waals surface area contributed by atoms with Gasteiger partial charge in [0, 0.05) is 17.3 Å². The van der Waals surface area contributed by atoms with Crippen LogP contribution in [0, 0.1) is 0 Å². The minimum atomic E-state index is -4.60. The van der Waals surface area contributed by atoms with E-state index in [0.717, 1.165) is 16.9 Å². The molecular weight excluding hydrogens is 358 g/mol. The third kappa shape index (κ3) is 6.59. The van der Waals surface area contributed by atoms with Crippen LogP contribution in [0.3, 0.4) is 0 Å². The second-order valence-electron chi connectivity index (χ2n) is 7.72. The SMILES string of the molecule is CCOc1c(C(C)(C)C)cc(CP(=O)([O-])[O-])cc1C(C)(C)C.[Ni+2]. The summed E-state index contributed by atoms with van der Waals surface area (Å²) in [6.07, 6.45) is -0.467. The van der Waals surface area contributed by atoms with Crippen LogP contribution in [0.5, 0.6) is 5.75 Å². The Hall–Kier alpha value is -0.336. The summed E-state index contributed by atoms with van der Waals surface area (Å²) >= 11 is 0. The summed E-state index contributed by atoms with van der Waals surface area (Å²) in [5.41, 5.74) is 1.98. The topological polar surface area (TPSA) is 72.4 Å². The quantitative estimate of drug-likeness (QED) is 0.590. The van der Waals surface area contributed by atoms with Crippen LogP contribution in [-0.2, 0) is 38.0 Å². The molecule has 0 aliphatic heterocycles. The number of rotatable bonds is 4. The second kappa shape index (κ2) is 7.70. The number of benzene rings is 1. The molecule has 0 atom stereocenters.